The summed E-state index contributed by atoms with van der Waals surface area (Å²) in [6.07, 6.45) is 5.16. The fourth-order valence-electron chi connectivity index (χ4n) is 4.08. The van der Waals surface area contributed by atoms with Crippen LogP contribution < -0.4 is 4.74 Å². The van der Waals surface area contributed by atoms with E-state index < -0.39 is 0 Å². The van der Waals surface area contributed by atoms with Crippen molar-refractivity contribution >= 4 is 35.1 Å². The molecular weight excluding hydrogens is 409 g/mol. The number of allylic oxidation sites excluding steroid dienone is 1. The van der Waals surface area contributed by atoms with Crippen molar-refractivity contribution in [2.75, 3.05) is 6.54 Å². The highest BCUT2D eigenvalue weighted by Crippen LogP contribution is 2.43. The van der Waals surface area contributed by atoms with Crippen LogP contribution in [-0.4, -0.2) is 28.4 Å². The molecule has 1 N–H and O–H groups in total. The molecule has 1 atom stereocenters. The van der Waals surface area contributed by atoms with Gasteiger partial charge in [-0.1, -0.05) is 35.7 Å². The van der Waals surface area contributed by atoms with Gasteiger partial charge in [-0.05, 0) is 68.6 Å². The van der Waals surface area contributed by atoms with Gasteiger partial charge in [0.1, 0.15) is 11.5 Å². The van der Waals surface area contributed by atoms with E-state index in [-0.39, 0.29) is 17.3 Å². The van der Waals surface area contributed by atoms with Gasteiger partial charge in [0.25, 0.3) is 0 Å². The Kier molecular flexibility index (Phi) is 5.60. The average molecular weight is 432 g/mol. The maximum absolute atomic E-state index is 13.0. The molecule has 0 aromatic heterocycles. The first-order valence-electron chi connectivity index (χ1n) is 9.84. The summed E-state index contributed by atoms with van der Waals surface area (Å²) >= 11 is 12.1. The molecule has 4 nitrogen and oxygen atoms in total. The van der Waals surface area contributed by atoms with Gasteiger partial charge in [-0.15, -0.1) is 0 Å². The van der Waals surface area contributed by atoms with Crippen LogP contribution in [0, 0.1) is 6.92 Å². The van der Waals surface area contributed by atoms with Crippen LogP contribution in [0.3, 0.4) is 0 Å². The standard InChI is InChI=1S/C23H23Cl2NO3/c1-13-9-19(27)16(12-26-8-4-3-5-14(26)2)23-21(13)22(28)20(29-23)11-15-6-7-17(24)18(25)10-15/h6-7,9-11,14,27H,3-5,8,12H2,1-2H3/b20-11-. The maximum atomic E-state index is 13.0. The molecular formula is C23H23Cl2NO3. The van der Waals surface area contributed by atoms with Crippen LogP contribution in [0.2, 0.25) is 10.0 Å². The Bertz CT molecular complexity index is 1020. The van der Waals surface area contributed by atoms with Crippen LogP contribution in [0.15, 0.2) is 30.0 Å². The minimum absolute atomic E-state index is 0.169. The molecule has 29 heavy (non-hydrogen) atoms. The zero-order valence-corrected chi connectivity index (χ0v) is 18.0. The molecule has 0 radical (unpaired) electrons. The van der Waals surface area contributed by atoms with Gasteiger partial charge in [0.05, 0.1) is 21.2 Å². The van der Waals surface area contributed by atoms with Gasteiger partial charge in [-0.3, -0.25) is 9.69 Å². The summed E-state index contributed by atoms with van der Waals surface area (Å²) in [5, 5.41) is 11.5. The van der Waals surface area contributed by atoms with Gasteiger partial charge in [0.15, 0.2) is 5.76 Å². The Balaban J connectivity index is 1.71. The van der Waals surface area contributed by atoms with Crippen molar-refractivity contribution in [1.29, 1.82) is 0 Å². The average Bonchev–Trinajstić information content (AvgIpc) is 3.00. The number of hydrogen-bond donors (Lipinski definition) is 1. The number of fused-ring (bicyclic) bond motifs is 1. The molecule has 0 saturated carbocycles. The fraction of sp³-hybridized carbons (Fsp3) is 0.348. The molecule has 0 amide bonds. The van der Waals surface area contributed by atoms with Gasteiger partial charge in [0, 0.05) is 12.6 Å². The van der Waals surface area contributed by atoms with E-state index in [4.69, 9.17) is 27.9 Å². The SMILES string of the molecule is Cc1cc(O)c(CN2CCCCC2C)c2c1C(=O)/C(=C/c1ccc(Cl)c(Cl)c1)O2. The zero-order chi connectivity index (χ0) is 20.7. The Hall–Kier alpha value is -2.01. The van der Waals surface area contributed by atoms with Crippen molar-refractivity contribution in [3.8, 4) is 11.5 Å². The number of nitrogens with zero attached hydrogens (tertiary/aromatic N) is 1. The van der Waals surface area contributed by atoms with Crippen LogP contribution >= 0.6 is 23.2 Å². The number of carbonyl (C=O) groups excluding carboxylic acids is 1. The molecule has 6 heteroatoms. The number of Topliss-reactive ketones (excluding diaryl/α,β-unsaturated/α-hetero) is 1. The predicted octanol–water partition coefficient (Wildman–Crippen LogP) is 6.00. The molecule has 0 spiro atoms. The Morgan fingerprint density at radius 2 is 2.03 bits per heavy atom. The second-order valence-corrected chi connectivity index (χ2v) is 8.64. The summed E-state index contributed by atoms with van der Waals surface area (Å²) in [4.78, 5) is 15.4. The number of ketones is 1. The second kappa shape index (κ2) is 8.02. The number of carbonyl (C=O) groups is 1. The quantitative estimate of drug-likeness (QED) is 0.605. The Morgan fingerprint density at radius 1 is 1.24 bits per heavy atom. The first kappa shape index (κ1) is 20.3. The van der Waals surface area contributed by atoms with Crippen molar-refractivity contribution in [3.05, 3.63) is 62.3 Å². The van der Waals surface area contributed by atoms with Gasteiger partial charge in [-0.25, -0.2) is 0 Å². The molecule has 0 aliphatic carbocycles. The predicted molar refractivity (Wildman–Crippen MR) is 116 cm³/mol. The van der Waals surface area contributed by atoms with Crippen LogP contribution in [-0.2, 0) is 6.54 Å². The second-order valence-electron chi connectivity index (χ2n) is 7.82. The summed E-state index contributed by atoms with van der Waals surface area (Å²) in [6, 6.07) is 7.25. The number of aromatic hydroxyl groups is 1. The highest BCUT2D eigenvalue weighted by Gasteiger charge is 2.34. The summed E-state index contributed by atoms with van der Waals surface area (Å²) in [5.74, 6) is 0.677. The van der Waals surface area contributed by atoms with Crippen LogP contribution in [0.1, 0.15) is 53.2 Å². The number of aryl methyl sites for hydroxylation is 1. The minimum Gasteiger partial charge on any atom is -0.507 e. The third-order valence-electron chi connectivity index (χ3n) is 5.76. The number of hydrogen-bond acceptors (Lipinski definition) is 4. The minimum atomic E-state index is -0.184. The van der Waals surface area contributed by atoms with E-state index in [1.165, 1.54) is 6.42 Å². The van der Waals surface area contributed by atoms with Crippen molar-refractivity contribution in [1.82, 2.24) is 4.90 Å². The number of benzene rings is 2. The van der Waals surface area contributed by atoms with E-state index in [2.05, 4.69) is 11.8 Å². The lowest BCUT2D eigenvalue weighted by Gasteiger charge is -2.33. The molecule has 2 heterocycles. The Labute approximate surface area is 180 Å². The lowest BCUT2D eigenvalue weighted by atomic mass is 9.97. The normalized spacial score (nSPS) is 20.8. The lowest BCUT2D eigenvalue weighted by molar-refractivity contribution is 0.101. The number of ether oxygens (including phenoxy) is 1. The molecule has 1 fully saturated rings. The van der Waals surface area contributed by atoms with Crippen LogP contribution in [0.25, 0.3) is 6.08 Å². The van der Waals surface area contributed by atoms with E-state index in [1.807, 2.05) is 6.92 Å². The zero-order valence-electron chi connectivity index (χ0n) is 16.5. The van der Waals surface area contributed by atoms with E-state index in [1.54, 1.807) is 30.3 Å². The summed E-state index contributed by atoms with van der Waals surface area (Å²) in [5.41, 5.74) is 2.62. The number of halogens is 2. The molecule has 2 aliphatic rings. The van der Waals surface area contributed by atoms with E-state index >= 15 is 0 Å². The molecule has 0 bridgehead atoms. The molecule has 1 saturated heterocycles. The molecule has 2 aliphatic heterocycles. The summed E-state index contributed by atoms with van der Waals surface area (Å²) < 4.78 is 6.01. The largest absolute Gasteiger partial charge is 0.507 e. The highest BCUT2D eigenvalue weighted by atomic mass is 35.5. The molecule has 2 aromatic rings. The van der Waals surface area contributed by atoms with Crippen LogP contribution in [0.5, 0.6) is 11.5 Å². The fourth-order valence-corrected chi connectivity index (χ4v) is 4.39. The highest BCUT2D eigenvalue weighted by molar-refractivity contribution is 6.42. The number of phenols is 1. The summed E-state index contributed by atoms with van der Waals surface area (Å²) in [6.45, 7) is 5.55. The van der Waals surface area contributed by atoms with E-state index in [0.29, 0.717) is 45.1 Å². The lowest BCUT2D eigenvalue weighted by Crippen LogP contribution is -2.36. The third-order valence-corrected chi connectivity index (χ3v) is 6.50. The van der Waals surface area contributed by atoms with Gasteiger partial charge in [-0.2, -0.15) is 0 Å². The number of rotatable bonds is 3. The van der Waals surface area contributed by atoms with Crippen molar-refractivity contribution in [2.45, 2.75) is 45.7 Å². The topological polar surface area (TPSA) is 49.8 Å². The molecule has 2 aromatic carbocycles. The van der Waals surface area contributed by atoms with Crippen molar-refractivity contribution in [2.24, 2.45) is 0 Å². The number of likely N-dealkylation sites (tertiary alicyclic amines) is 1. The van der Waals surface area contributed by atoms with Gasteiger partial charge in [0.2, 0.25) is 5.78 Å². The number of phenolic OH excluding ortho intramolecular Hbond substituents is 1. The Morgan fingerprint density at radius 3 is 2.76 bits per heavy atom. The van der Waals surface area contributed by atoms with Crippen molar-refractivity contribution < 1.29 is 14.6 Å². The third kappa shape index (κ3) is 3.89. The summed E-state index contributed by atoms with van der Waals surface area (Å²) in [7, 11) is 0. The maximum Gasteiger partial charge on any atom is 0.232 e. The van der Waals surface area contributed by atoms with Crippen molar-refractivity contribution in [3.63, 3.8) is 0 Å². The van der Waals surface area contributed by atoms with Gasteiger partial charge >= 0.3 is 0 Å². The van der Waals surface area contributed by atoms with Crippen LogP contribution in [0.4, 0.5) is 0 Å². The molecule has 4 rings (SSSR count). The number of piperidine rings is 1. The van der Waals surface area contributed by atoms with E-state index in [9.17, 15) is 9.90 Å². The molecule has 152 valence electrons. The van der Waals surface area contributed by atoms with E-state index in [0.717, 1.165) is 24.9 Å². The first-order valence-corrected chi connectivity index (χ1v) is 10.6. The molecule has 1 unspecified atom stereocenters. The van der Waals surface area contributed by atoms with Gasteiger partial charge < -0.3 is 9.84 Å². The monoisotopic (exact) mass is 431 g/mol. The smallest absolute Gasteiger partial charge is 0.232 e. The first-order chi connectivity index (χ1) is 13.8.